The van der Waals surface area contributed by atoms with Gasteiger partial charge >= 0.3 is 0 Å². The first-order valence-electron chi connectivity index (χ1n) is 31.5. The van der Waals surface area contributed by atoms with Crippen molar-refractivity contribution in [1.82, 2.24) is 0 Å². The normalized spacial score (nSPS) is 30.1. The van der Waals surface area contributed by atoms with Crippen molar-refractivity contribution in [2.24, 2.45) is 0 Å². The monoisotopic (exact) mass is 1140 g/mol. The highest BCUT2D eigenvalue weighted by atomic mass is 32.2. The van der Waals surface area contributed by atoms with Gasteiger partial charge < -0.3 is 64.5 Å². The van der Waals surface area contributed by atoms with Crippen LogP contribution >= 0.6 is 35.3 Å². The minimum atomic E-state index is -1.70. The quantitative estimate of drug-likeness (QED) is 0.0267. The summed E-state index contributed by atoms with van der Waals surface area (Å²) in [6, 6.07) is 0. The van der Waals surface area contributed by atoms with Crippen molar-refractivity contribution in [1.29, 1.82) is 0 Å². The fourth-order valence-corrected chi connectivity index (χ4v) is 14.0. The highest BCUT2D eigenvalue weighted by Gasteiger charge is 2.53. The molecule has 452 valence electrons. The van der Waals surface area contributed by atoms with Crippen LogP contribution in [-0.2, 0) is 23.7 Å². The fourth-order valence-electron chi connectivity index (χ4n) is 10.8. The second-order valence-corrected chi connectivity index (χ2v) is 26.1. The van der Waals surface area contributed by atoms with Gasteiger partial charge in [-0.1, -0.05) is 233 Å². The van der Waals surface area contributed by atoms with Crippen LogP contribution in [0.15, 0.2) is 0 Å². The Morgan fingerprint density at radius 3 is 0.882 bits per heavy atom. The summed E-state index contributed by atoms with van der Waals surface area (Å²) in [6.07, 6.45) is 24.5. The molecule has 0 spiro atoms. The molecule has 13 nitrogen and oxygen atoms in total. The molecule has 0 aromatic heterocycles. The van der Waals surface area contributed by atoms with Gasteiger partial charge in [-0.05, 0) is 36.5 Å². The van der Waals surface area contributed by atoms with Gasteiger partial charge in [0.05, 0.1) is 18.3 Å². The van der Waals surface area contributed by atoms with Crippen LogP contribution < -0.4 is 0 Å². The molecule has 3 aliphatic rings. The third-order valence-corrected chi connectivity index (χ3v) is 19.2. The van der Waals surface area contributed by atoms with E-state index >= 15 is 0 Å². The molecule has 0 bridgehead atoms. The summed E-state index contributed by atoms with van der Waals surface area (Å²) >= 11 is 4.85. The smallest absolute Gasteiger partial charge is 0.187 e. The van der Waals surface area contributed by atoms with E-state index in [-0.39, 0.29) is 0 Å². The zero-order valence-corrected chi connectivity index (χ0v) is 50.7. The number of thioether (sulfide) groups is 3. The first kappa shape index (κ1) is 70.8. The zero-order valence-electron chi connectivity index (χ0n) is 48.2. The summed E-state index contributed by atoms with van der Waals surface area (Å²) in [5.41, 5.74) is 0. The third kappa shape index (κ3) is 29.7. The molecule has 8 N–H and O–H groups in total. The molecular formula is C60H116O13S3. The summed E-state index contributed by atoms with van der Waals surface area (Å²) < 4.78 is 31.0. The van der Waals surface area contributed by atoms with E-state index in [4.69, 9.17) is 23.7 Å². The minimum absolute atomic E-state index is 0.321. The Balaban J connectivity index is 1.56. The summed E-state index contributed by atoms with van der Waals surface area (Å²) in [6.45, 7) is 6.75. The van der Waals surface area contributed by atoms with Crippen LogP contribution in [0.2, 0.25) is 0 Å². The van der Waals surface area contributed by atoms with Crippen LogP contribution in [0, 0.1) is 0 Å². The predicted molar refractivity (Wildman–Crippen MR) is 315 cm³/mol. The largest absolute Gasteiger partial charge is 0.388 e. The molecule has 0 aliphatic carbocycles. The summed E-state index contributed by atoms with van der Waals surface area (Å²) in [4.78, 5) is 0. The average molecular weight is 1140 g/mol. The molecular weight excluding hydrogens is 1020 g/mol. The maximum Gasteiger partial charge on any atom is 0.187 e. The van der Waals surface area contributed by atoms with Crippen LogP contribution in [0.5, 0.6) is 0 Å². The fraction of sp³-hybridized carbons (Fsp3) is 1.00. The Morgan fingerprint density at radius 2 is 0.539 bits per heavy atom. The van der Waals surface area contributed by atoms with Crippen molar-refractivity contribution in [3.8, 4) is 0 Å². The molecule has 3 saturated heterocycles. The number of aliphatic hydroxyl groups excluding tert-OH is 8. The molecule has 16 heteroatoms. The molecule has 76 heavy (non-hydrogen) atoms. The van der Waals surface area contributed by atoms with Crippen molar-refractivity contribution in [3.63, 3.8) is 0 Å². The highest BCUT2D eigenvalue weighted by molar-refractivity contribution is 7.99. The zero-order chi connectivity index (χ0) is 55.0. The standard InChI is InChI=1S/C60H116O13S3/c1-4-7-10-13-16-19-22-25-28-31-34-37-40-74-43-46-49(61)50(62)54(66)59(70-46)73-57-48(45-76-42-39-36-33-30-27-24-21-18-15-12-9-6-3)71-60(55(67)52(57)64)72-56-47(69-58(68)53(65)51(56)63)44-75-41-38-35-32-29-26-23-20-17-14-11-8-5-2/h46-68H,4-45H2,1-3H3/t46-,47-,48-,49-,50+,51-,52-,53-,54-,55-,56-,57-,58?,59-,60-/m1/s1. The van der Waals surface area contributed by atoms with E-state index in [1.165, 1.54) is 186 Å². The number of aliphatic hydroxyl groups is 8. The van der Waals surface area contributed by atoms with Crippen molar-refractivity contribution >= 4 is 35.3 Å². The lowest BCUT2D eigenvalue weighted by molar-refractivity contribution is -0.369. The molecule has 3 heterocycles. The SMILES string of the molecule is CCCCCCCCCCCCCCSC[C@H]1O[C@H](O[C@H]2[C@H](O)[C@@H](O)[C@@H](O[C@H]3[C@H](O)[C@@H](O)C(O)O[C@@H]3CSCCCCCCCCCCCCCC)O[C@@H]2CSCCCCCCCCCCCCCC)[C@H](O)[C@@H](O)[C@@H]1O. The first-order chi connectivity index (χ1) is 37.0. The van der Waals surface area contributed by atoms with Crippen LogP contribution in [0.25, 0.3) is 0 Å². The second kappa shape index (κ2) is 46.0. The van der Waals surface area contributed by atoms with Crippen molar-refractivity contribution < 1.29 is 64.5 Å². The molecule has 3 aliphatic heterocycles. The number of hydrogen-bond donors (Lipinski definition) is 8. The summed E-state index contributed by atoms with van der Waals surface area (Å²) in [7, 11) is 0. The Morgan fingerprint density at radius 1 is 0.276 bits per heavy atom. The second-order valence-electron chi connectivity index (χ2n) is 22.7. The van der Waals surface area contributed by atoms with Crippen LogP contribution in [0.1, 0.15) is 252 Å². The van der Waals surface area contributed by atoms with E-state index in [2.05, 4.69) is 20.8 Å². The number of ether oxygens (including phenoxy) is 5. The lowest BCUT2D eigenvalue weighted by atomic mass is 9.96. The molecule has 0 radical (unpaired) electrons. The predicted octanol–water partition coefficient (Wildman–Crippen LogP) is 11.8. The van der Waals surface area contributed by atoms with Gasteiger partial charge in [0.25, 0.3) is 0 Å². The van der Waals surface area contributed by atoms with Crippen molar-refractivity contribution in [2.45, 2.75) is 344 Å². The van der Waals surface area contributed by atoms with Crippen LogP contribution in [0.4, 0.5) is 0 Å². The molecule has 0 aromatic rings. The Kier molecular flexibility index (Phi) is 42.8. The lowest BCUT2D eigenvalue weighted by Gasteiger charge is -2.48. The van der Waals surface area contributed by atoms with Gasteiger partial charge in [-0.25, -0.2) is 0 Å². The molecule has 0 aromatic carbocycles. The van der Waals surface area contributed by atoms with Crippen molar-refractivity contribution in [3.05, 3.63) is 0 Å². The van der Waals surface area contributed by atoms with Gasteiger partial charge in [-0.15, -0.1) is 0 Å². The Labute approximate surface area is 476 Å². The van der Waals surface area contributed by atoms with E-state index in [0.29, 0.717) is 17.3 Å². The van der Waals surface area contributed by atoms with Gasteiger partial charge in [0, 0.05) is 17.3 Å². The van der Waals surface area contributed by atoms with E-state index in [1.807, 2.05) is 0 Å². The van der Waals surface area contributed by atoms with Gasteiger partial charge in [-0.3, -0.25) is 0 Å². The van der Waals surface area contributed by atoms with Crippen LogP contribution in [0.3, 0.4) is 0 Å². The first-order valence-corrected chi connectivity index (χ1v) is 35.0. The van der Waals surface area contributed by atoms with E-state index in [1.54, 1.807) is 35.3 Å². The van der Waals surface area contributed by atoms with E-state index < -0.39 is 92.1 Å². The number of rotatable bonds is 49. The van der Waals surface area contributed by atoms with Gasteiger partial charge in [0.1, 0.15) is 54.9 Å². The molecule has 0 amide bonds. The Bertz CT molecular complexity index is 1320. The maximum absolute atomic E-state index is 11.9. The van der Waals surface area contributed by atoms with Gasteiger partial charge in [0.2, 0.25) is 0 Å². The van der Waals surface area contributed by atoms with Gasteiger partial charge in [0.15, 0.2) is 18.9 Å². The maximum atomic E-state index is 11.9. The minimum Gasteiger partial charge on any atom is -0.388 e. The van der Waals surface area contributed by atoms with E-state index in [0.717, 1.165) is 62.2 Å². The molecule has 3 rings (SSSR count). The Hall–Kier alpha value is 0.530. The van der Waals surface area contributed by atoms with E-state index in [9.17, 15) is 40.9 Å². The molecule has 3 fully saturated rings. The lowest BCUT2D eigenvalue weighted by Crippen LogP contribution is -2.66. The average Bonchev–Trinajstić information content (AvgIpc) is 3.41. The topological polar surface area (TPSA) is 208 Å². The van der Waals surface area contributed by atoms with Gasteiger partial charge in [-0.2, -0.15) is 35.3 Å². The summed E-state index contributed by atoms with van der Waals surface area (Å²) in [5.74, 6) is 3.57. The third-order valence-electron chi connectivity index (χ3n) is 15.8. The molecule has 15 atom stereocenters. The summed E-state index contributed by atoms with van der Waals surface area (Å²) in [5, 5.41) is 89.3. The van der Waals surface area contributed by atoms with Crippen LogP contribution in [-0.4, -0.2) is 167 Å². The highest BCUT2D eigenvalue weighted by Crippen LogP contribution is 2.35. The molecule has 1 unspecified atom stereocenters. The molecule has 0 saturated carbocycles. The number of unbranched alkanes of at least 4 members (excludes halogenated alkanes) is 33. The van der Waals surface area contributed by atoms with Crippen molar-refractivity contribution in [2.75, 3.05) is 34.5 Å². The number of hydrogen-bond acceptors (Lipinski definition) is 16.